The molecule has 5 nitrogen and oxygen atoms in total. The molecule has 6 heteroatoms. The number of aromatic nitrogens is 2. The molecule has 0 aliphatic rings. The Balaban J connectivity index is 2.83. The van der Waals surface area contributed by atoms with Gasteiger partial charge in [-0.2, -0.15) is 5.10 Å². The van der Waals surface area contributed by atoms with Crippen LogP contribution in [0.2, 0.25) is 5.02 Å². The summed E-state index contributed by atoms with van der Waals surface area (Å²) in [6, 6.07) is 0.0853. The normalized spacial score (nSPS) is 13.2. The molecule has 19 heavy (non-hydrogen) atoms. The molecule has 1 atom stereocenters. The molecule has 0 bridgehead atoms. The fraction of sp³-hybridized carbons (Fsp3) is 0.769. The Bertz CT molecular complexity index is 368. The first-order chi connectivity index (χ1) is 9.10. The van der Waals surface area contributed by atoms with Gasteiger partial charge in [-0.15, -0.1) is 0 Å². The van der Waals surface area contributed by atoms with E-state index in [2.05, 4.69) is 22.2 Å². The summed E-state index contributed by atoms with van der Waals surface area (Å²) in [5.41, 5.74) is 1.01. The highest BCUT2D eigenvalue weighted by Gasteiger charge is 2.19. The Morgan fingerprint density at radius 3 is 2.79 bits per heavy atom. The van der Waals surface area contributed by atoms with E-state index in [-0.39, 0.29) is 6.04 Å². The molecule has 1 rings (SSSR count). The van der Waals surface area contributed by atoms with E-state index in [0.29, 0.717) is 18.2 Å². The van der Waals surface area contributed by atoms with E-state index >= 15 is 0 Å². The SMILES string of the molecule is CCNC(COCC)c1c(Cl)cnn1CCN(C)C. The zero-order valence-electron chi connectivity index (χ0n) is 12.3. The fourth-order valence-electron chi connectivity index (χ4n) is 1.91. The number of likely N-dealkylation sites (N-methyl/N-ethyl adjacent to an activating group) is 2. The van der Waals surface area contributed by atoms with Crippen molar-refractivity contribution in [3.05, 3.63) is 16.9 Å². The van der Waals surface area contributed by atoms with Crippen LogP contribution in [-0.4, -0.2) is 55.1 Å². The lowest BCUT2D eigenvalue weighted by Crippen LogP contribution is -2.29. The Morgan fingerprint density at radius 2 is 2.21 bits per heavy atom. The van der Waals surface area contributed by atoms with Crippen molar-refractivity contribution in [1.29, 1.82) is 0 Å². The summed E-state index contributed by atoms with van der Waals surface area (Å²) < 4.78 is 7.50. The Morgan fingerprint density at radius 1 is 1.47 bits per heavy atom. The molecular formula is C13H25ClN4O. The van der Waals surface area contributed by atoms with Crippen LogP contribution in [0.1, 0.15) is 25.6 Å². The van der Waals surface area contributed by atoms with Gasteiger partial charge < -0.3 is 15.0 Å². The average molecular weight is 289 g/mol. The van der Waals surface area contributed by atoms with Gasteiger partial charge in [0, 0.05) is 13.2 Å². The van der Waals surface area contributed by atoms with Crippen LogP contribution in [-0.2, 0) is 11.3 Å². The minimum atomic E-state index is 0.0853. The van der Waals surface area contributed by atoms with E-state index in [9.17, 15) is 0 Å². The molecule has 0 amide bonds. The topological polar surface area (TPSA) is 42.3 Å². The summed E-state index contributed by atoms with van der Waals surface area (Å²) in [5.74, 6) is 0. The number of hydrogen-bond donors (Lipinski definition) is 1. The van der Waals surface area contributed by atoms with Crippen LogP contribution in [0.15, 0.2) is 6.20 Å². The third-order valence-corrected chi connectivity index (χ3v) is 3.15. The van der Waals surface area contributed by atoms with Gasteiger partial charge in [-0.25, -0.2) is 0 Å². The molecule has 0 aromatic carbocycles. The van der Waals surface area contributed by atoms with E-state index in [1.54, 1.807) is 6.20 Å². The van der Waals surface area contributed by atoms with Crippen LogP contribution in [0, 0.1) is 0 Å². The molecule has 0 aliphatic carbocycles. The van der Waals surface area contributed by atoms with Crippen LogP contribution < -0.4 is 5.32 Å². The van der Waals surface area contributed by atoms with E-state index in [1.807, 2.05) is 25.7 Å². The molecular weight excluding hydrogens is 264 g/mol. The maximum absolute atomic E-state index is 6.28. The zero-order valence-corrected chi connectivity index (χ0v) is 13.1. The first-order valence-corrected chi connectivity index (χ1v) is 7.15. The molecule has 0 fully saturated rings. The maximum atomic E-state index is 6.28. The number of halogens is 1. The lowest BCUT2D eigenvalue weighted by molar-refractivity contribution is 0.120. The smallest absolute Gasteiger partial charge is 0.0835 e. The van der Waals surface area contributed by atoms with Gasteiger partial charge in [-0.3, -0.25) is 4.68 Å². The lowest BCUT2D eigenvalue weighted by atomic mass is 10.2. The third-order valence-electron chi connectivity index (χ3n) is 2.86. The largest absolute Gasteiger partial charge is 0.380 e. The van der Waals surface area contributed by atoms with Crippen LogP contribution in [0.3, 0.4) is 0 Å². The maximum Gasteiger partial charge on any atom is 0.0835 e. The van der Waals surface area contributed by atoms with E-state index < -0.39 is 0 Å². The summed E-state index contributed by atoms with van der Waals surface area (Å²) >= 11 is 6.28. The summed E-state index contributed by atoms with van der Waals surface area (Å²) in [5, 5.41) is 8.46. The van der Waals surface area contributed by atoms with Crippen LogP contribution in [0.4, 0.5) is 0 Å². The van der Waals surface area contributed by atoms with Gasteiger partial charge in [0.05, 0.1) is 36.1 Å². The van der Waals surface area contributed by atoms with Crippen molar-refractivity contribution in [2.45, 2.75) is 26.4 Å². The second-order valence-electron chi connectivity index (χ2n) is 4.67. The van der Waals surface area contributed by atoms with Crippen LogP contribution >= 0.6 is 11.6 Å². The van der Waals surface area contributed by atoms with Gasteiger partial charge in [0.25, 0.3) is 0 Å². The molecule has 0 spiro atoms. The minimum Gasteiger partial charge on any atom is -0.380 e. The second-order valence-corrected chi connectivity index (χ2v) is 5.08. The van der Waals surface area contributed by atoms with Crippen molar-refractivity contribution < 1.29 is 4.74 Å². The number of nitrogens with one attached hydrogen (secondary N) is 1. The number of rotatable bonds is 9. The second kappa shape index (κ2) is 8.53. The minimum absolute atomic E-state index is 0.0853. The van der Waals surface area contributed by atoms with Gasteiger partial charge in [0.1, 0.15) is 0 Å². The van der Waals surface area contributed by atoms with Gasteiger partial charge in [0.15, 0.2) is 0 Å². The fourth-order valence-corrected chi connectivity index (χ4v) is 2.18. The Labute approximate surface area is 120 Å². The standard InChI is InChI=1S/C13H25ClN4O/c1-5-15-12(10-19-6-2)13-11(14)9-16-18(13)8-7-17(3)4/h9,12,15H,5-8,10H2,1-4H3. The quantitative estimate of drug-likeness (QED) is 0.752. The number of nitrogens with zero attached hydrogens (tertiary/aromatic N) is 3. The van der Waals surface area contributed by atoms with Crippen molar-refractivity contribution in [3.63, 3.8) is 0 Å². The van der Waals surface area contributed by atoms with E-state index in [0.717, 1.165) is 25.3 Å². The molecule has 0 aliphatic heterocycles. The summed E-state index contributed by atoms with van der Waals surface area (Å²) in [6.07, 6.45) is 1.71. The molecule has 0 saturated heterocycles. The van der Waals surface area contributed by atoms with Crippen molar-refractivity contribution in [2.24, 2.45) is 0 Å². The molecule has 1 N–H and O–H groups in total. The molecule has 1 unspecified atom stereocenters. The number of hydrogen-bond acceptors (Lipinski definition) is 4. The lowest BCUT2D eigenvalue weighted by Gasteiger charge is -2.20. The molecule has 1 aromatic rings. The van der Waals surface area contributed by atoms with E-state index in [1.165, 1.54) is 0 Å². The first-order valence-electron chi connectivity index (χ1n) is 6.77. The monoisotopic (exact) mass is 288 g/mol. The highest BCUT2D eigenvalue weighted by atomic mass is 35.5. The average Bonchev–Trinajstić information content (AvgIpc) is 2.73. The zero-order chi connectivity index (χ0) is 14.3. The Kier molecular flexibility index (Phi) is 7.38. The summed E-state index contributed by atoms with van der Waals surface area (Å²) in [7, 11) is 4.10. The predicted octanol–water partition coefficient (Wildman–Crippen LogP) is 1.79. The Hall–Kier alpha value is -0.620. The number of ether oxygens (including phenoxy) is 1. The summed E-state index contributed by atoms with van der Waals surface area (Å²) in [6.45, 7) is 8.00. The van der Waals surface area contributed by atoms with Gasteiger partial charge in [0.2, 0.25) is 0 Å². The van der Waals surface area contributed by atoms with Crippen LogP contribution in [0.25, 0.3) is 0 Å². The highest BCUT2D eigenvalue weighted by Crippen LogP contribution is 2.23. The third kappa shape index (κ3) is 5.10. The summed E-state index contributed by atoms with van der Waals surface area (Å²) in [4.78, 5) is 2.13. The first kappa shape index (κ1) is 16.4. The van der Waals surface area contributed by atoms with E-state index in [4.69, 9.17) is 16.3 Å². The predicted molar refractivity (Wildman–Crippen MR) is 78.7 cm³/mol. The van der Waals surface area contributed by atoms with Crippen molar-refractivity contribution in [1.82, 2.24) is 20.0 Å². The molecule has 0 saturated carbocycles. The van der Waals surface area contributed by atoms with Gasteiger partial charge in [-0.05, 0) is 27.6 Å². The van der Waals surface area contributed by atoms with Gasteiger partial charge in [-0.1, -0.05) is 18.5 Å². The van der Waals surface area contributed by atoms with Crippen molar-refractivity contribution in [3.8, 4) is 0 Å². The molecule has 110 valence electrons. The van der Waals surface area contributed by atoms with Gasteiger partial charge >= 0.3 is 0 Å². The van der Waals surface area contributed by atoms with Crippen molar-refractivity contribution in [2.75, 3.05) is 40.4 Å². The molecule has 1 heterocycles. The molecule has 0 radical (unpaired) electrons. The highest BCUT2D eigenvalue weighted by molar-refractivity contribution is 6.31. The molecule has 1 aromatic heterocycles. The van der Waals surface area contributed by atoms with Crippen LogP contribution in [0.5, 0.6) is 0 Å². The van der Waals surface area contributed by atoms with Crippen molar-refractivity contribution >= 4 is 11.6 Å².